The Labute approximate surface area is 89.9 Å². The number of methoxy groups -OCH3 is 1. The Morgan fingerprint density at radius 3 is 2.87 bits per heavy atom. The van der Waals surface area contributed by atoms with Gasteiger partial charge in [-0.05, 0) is 12.8 Å². The summed E-state index contributed by atoms with van der Waals surface area (Å²) in [5.74, 6) is -1.59. The van der Waals surface area contributed by atoms with E-state index in [4.69, 9.17) is 4.74 Å². The fraction of sp³-hybridized carbons (Fsp3) is 0.818. The molecule has 0 spiro atoms. The van der Waals surface area contributed by atoms with Crippen molar-refractivity contribution in [3.8, 4) is 0 Å². The minimum absolute atomic E-state index is 0.0897. The molecule has 0 aliphatic carbocycles. The molecule has 86 valence electrons. The number of carbonyl (C=O) groups is 2. The predicted octanol–water partition coefficient (Wildman–Crippen LogP) is 1.67. The minimum Gasteiger partial charge on any atom is -0.468 e. The van der Waals surface area contributed by atoms with Crippen molar-refractivity contribution in [3.63, 3.8) is 0 Å². The highest BCUT2D eigenvalue weighted by Crippen LogP contribution is 2.25. The Balaban J connectivity index is 2.35. The third-order valence-electron chi connectivity index (χ3n) is 2.68. The fourth-order valence-electron chi connectivity index (χ4n) is 1.79. The lowest BCUT2D eigenvalue weighted by atomic mass is 10.0. The van der Waals surface area contributed by atoms with E-state index in [9.17, 15) is 9.59 Å². The van der Waals surface area contributed by atoms with Gasteiger partial charge in [0.15, 0.2) is 5.92 Å². The SMILES string of the molecule is CCCCCC1CC(C(=O)OC)C(=O)O1. The van der Waals surface area contributed by atoms with E-state index in [0.29, 0.717) is 6.42 Å². The van der Waals surface area contributed by atoms with E-state index >= 15 is 0 Å². The molecule has 0 aromatic rings. The van der Waals surface area contributed by atoms with Crippen LogP contribution >= 0.6 is 0 Å². The Morgan fingerprint density at radius 2 is 2.27 bits per heavy atom. The van der Waals surface area contributed by atoms with E-state index in [1.807, 2.05) is 0 Å². The summed E-state index contributed by atoms with van der Waals surface area (Å²) in [5.41, 5.74) is 0. The number of ether oxygens (including phenoxy) is 2. The number of hydrogen-bond acceptors (Lipinski definition) is 4. The maximum atomic E-state index is 11.3. The molecule has 2 atom stereocenters. The Kier molecular flexibility index (Phi) is 4.59. The smallest absolute Gasteiger partial charge is 0.320 e. The molecule has 4 nitrogen and oxygen atoms in total. The molecule has 1 heterocycles. The number of rotatable bonds is 5. The van der Waals surface area contributed by atoms with Crippen LogP contribution in [0.2, 0.25) is 0 Å². The lowest BCUT2D eigenvalue weighted by molar-refractivity contribution is -0.154. The van der Waals surface area contributed by atoms with Gasteiger partial charge in [-0.15, -0.1) is 0 Å². The molecule has 4 heteroatoms. The molecule has 0 bridgehead atoms. The van der Waals surface area contributed by atoms with Crippen LogP contribution in [0, 0.1) is 5.92 Å². The molecule has 1 aliphatic rings. The highest BCUT2D eigenvalue weighted by atomic mass is 16.6. The van der Waals surface area contributed by atoms with Crippen LogP contribution in [0.1, 0.15) is 39.0 Å². The molecule has 0 N–H and O–H groups in total. The molecule has 0 aromatic heterocycles. The number of cyclic esters (lactones) is 1. The normalized spacial score (nSPS) is 25.1. The summed E-state index contributed by atoms with van der Waals surface area (Å²) in [5, 5.41) is 0. The topological polar surface area (TPSA) is 52.6 Å². The number of esters is 2. The molecule has 1 aliphatic heterocycles. The standard InChI is InChI=1S/C11H18O4/c1-3-4-5-6-8-7-9(10(12)14-2)11(13)15-8/h8-9H,3-7H2,1-2H3. The minimum atomic E-state index is -0.693. The summed E-state index contributed by atoms with van der Waals surface area (Å²) >= 11 is 0. The fourth-order valence-corrected chi connectivity index (χ4v) is 1.79. The Bertz CT molecular complexity index is 237. The van der Waals surface area contributed by atoms with Gasteiger partial charge in [0.05, 0.1) is 7.11 Å². The van der Waals surface area contributed by atoms with Crippen molar-refractivity contribution in [2.45, 2.75) is 45.1 Å². The first-order valence-electron chi connectivity index (χ1n) is 5.47. The van der Waals surface area contributed by atoms with Gasteiger partial charge in [0, 0.05) is 6.42 Å². The third kappa shape index (κ3) is 3.22. The average Bonchev–Trinajstić information content (AvgIpc) is 2.59. The first-order chi connectivity index (χ1) is 7.19. The monoisotopic (exact) mass is 214 g/mol. The van der Waals surface area contributed by atoms with Crippen molar-refractivity contribution in [1.82, 2.24) is 0 Å². The summed E-state index contributed by atoms with van der Waals surface area (Å²) in [6.45, 7) is 2.12. The van der Waals surface area contributed by atoms with Gasteiger partial charge in [-0.1, -0.05) is 19.8 Å². The summed E-state index contributed by atoms with van der Waals surface area (Å²) in [4.78, 5) is 22.5. The molecule has 15 heavy (non-hydrogen) atoms. The lowest BCUT2D eigenvalue weighted by Gasteiger charge is -2.07. The lowest BCUT2D eigenvalue weighted by Crippen LogP contribution is -2.20. The van der Waals surface area contributed by atoms with E-state index in [1.165, 1.54) is 7.11 Å². The van der Waals surface area contributed by atoms with E-state index in [0.717, 1.165) is 25.7 Å². The van der Waals surface area contributed by atoms with Crippen LogP contribution < -0.4 is 0 Å². The van der Waals surface area contributed by atoms with Crippen LogP contribution in [0.3, 0.4) is 0 Å². The van der Waals surface area contributed by atoms with Crippen LogP contribution in [0.5, 0.6) is 0 Å². The second-order valence-corrected chi connectivity index (χ2v) is 3.87. The summed E-state index contributed by atoms with van der Waals surface area (Å²) in [6.07, 6.45) is 4.57. The summed E-state index contributed by atoms with van der Waals surface area (Å²) < 4.78 is 9.64. The van der Waals surface area contributed by atoms with Crippen molar-refractivity contribution in [2.24, 2.45) is 5.92 Å². The highest BCUT2D eigenvalue weighted by Gasteiger charge is 2.39. The molecule has 1 saturated heterocycles. The van der Waals surface area contributed by atoms with Crippen LogP contribution in [-0.4, -0.2) is 25.2 Å². The van der Waals surface area contributed by atoms with E-state index < -0.39 is 17.9 Å². The number of hydrogen-bond donors (Lipinski definition) is 0. The molecule has 0 aromatic carbocycles. The first-order valence-corrected chi connectivity index (χ1v) is 5.47. The van der Waals surface area contributed by atoms with Gasteiger partial charge in [0.25, 0.3) is 0 Å². The second kappa shape index (κ2) is 5.73. The van der Waals surface area contributed by atoms with E-state index in [1.54, 1.807) is 0 Å². The average molecular weight is 214 g/mol. The molecular formula is C11H18O4. The van der Waals surface area contributed by atoms with Crippen molar-refractivity contribution in [3.05, 3.63) is 0 Å². The van der Waals surface area contributed by atoms with Gasteiger partial charge >= 0.3 is 11.9 Å². The van der Waals surface area contributed by atoms with E-state index in [2.05, 4.69) is 11.7 Å². The molecule has 0 saturated carbocycles. The maximum absolute atomic E-state index is 11.3. The Morgan fingerprint density at radius 1 is 1.53 bits per heavy atom. The molecule has 1 fully saturated rings. The molecule has 0 radical (unpaired) electrons. The summed E-state index contributed by atoms with van der Waals surface area (Å²) in [7, 11) is 1.29. The highest BCUT2D eigenvalue weighted by molar-refractivity contribution is 5.96. The zero-order valence-corrected chi connectivity index (χ0v) is 9.32. The zero-order chi connectivity index (χ0) is 11.3. The number of carbonyl (C=O) groups excluding carboxylic acids is 2. The van der Waals surface area contributed by atoms with Gasteiger partial charge in [-0.2, -0.15) is 0 Å². The van der Waals surface area contributed by atoms with Crippen molar-refractivity contribution < 1.29 is 19.1 Å². The van der Waals surface area contributed by atoms with Gasteiger partial charge < -0.3 is 9.47 Å². The Hall–Kier alpha value is -1.06. The summed E-state index contributed by atoms with van der Waals surface area (Å²) in [6, 6.07) is 0. The first kappa shape index (κ1) is 12.0. The van der Waals surface area contributed by atoms with Gasteiger partial charge in [0.2, 0.25) is 0 Å². The largest absolute Gasteiger partial charge is 0.468 e. The quantitative estimate of drug-likeness (QED) is 0.397. The third-order valence-corrected chi connectivity index (χ3v) is 2.68. The van der Waals surface area contributed by atoms with Crippen molar-refractivity contribution in [2.75, 3.05) is 7.11 Å². The van der Waals surface area contributed by atoms with Crippen LogP contribution in [-0.2, 0) is 19.1 Å². The maximum Gasteiger partial charge on any atom is 0.320 e. The second-order valence-electron chi connectivity index (χ2n) is 3.87. The number of unbranched alkanes of at least 4 members (excludes halogenated alkanes) is 2. The molecule has 2 unspecified atom stereocenters. The molecule has 1 rings (SSSR count). The van der Waals surface area contributed by atoms with Gasteiger partial charge in [-0.3, -0.25) is 9.59 Å². The van der Waals surface area contributed by atoms with Gasteiger partial charge in [-0.25, -0.2) is 0 Å². The van der Waals surface area contributed by atoms with Crippen LogP contribution in [0.25, 0.3) is 0 Å². The zero-order valence-electron chi connectivity index (χ0n) is 9.32. The molecule has 0 amide bonds. The molecular weight excluding hydrogens is 196 g/mol. The van der Waals surface area contributed by atoms with E-state index in [-0.39, 0.29) is 6.10 Å². The van der Waals surface area contributed by atoms with Gasteiger partial charge in [0.1, 0.15) is 6.10 Å². The van der Waals surface area contributed by atoms with Crippen molar-refractivity contribution >= 4 is 11.9 Å². The predicted molar refractivity (Wildman–Crippen MR) is 54.1 cm³/mol. The van der Waals surface area contributed by atoms with Crippen LogP contribution in [0.15, 0.2) is 0 Å². The van der Waals surface area contributed by atoms with Crippen LogP contribution in [0.4, 0.5) is 0 Å². The van der Waals surface area contributed by atoms with Crippen molar-refractivity contribution in [1.29, 1.82) is 0 Å².